The molecule has 23 heteroatoms. The number of fused-ring (bicyclic) bond motifs is 2. The molecule has 4 atom stereocenters. The number of hydrogen-bond acceptors (Lipinski definition) is 16. The van der Waals surface area contributed by atoms with Crippen molar-refractivity contribution in [3.05, 3.63) is 119 Å². The Morgan fingerprint density at radius 1 is 0.951 bits per heavy atom. The van der Waals surface area contributed by atoms with Crippen molar-refractivity contribution in [1.82, 2.24) is 50.1 Å². The van der Waals surface area contributed by atoms with Gasteiger partial charge in [-0.3, -0.25) is 28.9 Å². The van der Waals surface area contributed by atoms with E-state index in [2.05, 4.69) is 66.0 Å². The molecule has 0 aliphatic carbocycles. The van der Waals surface area contributed by atoms with E-state index in [1.54, 1.807) is 12.1 Å². The molecule has 0 radical (unpaired) electrons. The van der Waals surface area contributed by atoms with Crippen LogP contribution >= 0.6 is 11.6 Å². The smallest absolute Gasteiger partial charge is 0.405 e. The van der Waals surface area contributed by atoms with Gasteiger partial charge in [-0.2, -0.15) is 28.4 Å². The first-order valence-electron chi connectivity index (χ1n) is 27.7. The monoisotopic (exact) mass is 1150 g/mol. The van der Waals surface area contributed by atoms with E-state index in [4.69, 9.17) is 26.3 Å². The molecule has 0 bridgehead atoms. The number of nitrogens with one attached hydrogen (secondary N) is 2. The fourth-order valence-corrected chi connectivity index (χ4v) is 12.1. The van der Waals surface area contributed by atoms with Gasteiger partial charge >= 0.3 is 12.2 Å². The quantitative estimate of drug-likeness (QED) is 0.0565. The molecule has 5 N–H and O–H groups in total. The van der Waals surface area contributed by atoms with Crippen molar-refractivity contribution in [2.75, 3.05) is 75.8 Å². The zero-order valence-electron chi connectivity index (χ0n) is 46.0. The van der Waals surface area contributed by atoms with Crippen molar-refractivity contribution in [1.29, 1.82) is 5.26 Å². The Kier molecular flexibility index (Phi) is 17.2. The number of alkyl halides is 3. The van der Waals surface area contributed by atoms with Gasteiger partial charge in [-0.15, -0.1) is 10.2 Å². The summed E-state index contributed by atoms with van der Waals surface area (Å²) in [6.45, 7) is 11.4. The topological polar surface area (TPSA) is 225 Å². The van der Waals surface area contributed by atoms with Crippen LogP contribution in [-0.2, 0) is 24.3 Å². The molecular formula is C59H67ClF3N13O6. The zero-order chi connectivity index (χ0) is 58.0. The lowest BCUT2D eigenvalue weighted by molar-refractivity contribution is -0.127. The molecule has 82 heavy (non-hydrogen) atoms. The number of hydrogen-bond donors (Lipinski definition) is 5. The average molecular weight is 1150 g/mol. The van der Waals surface area contributed by atoms with E-state index in [-0.39, 0.29) is 71.2 Å². The van der Waals surface area contributed by atoms with E-state index in [0.717, 1.165) is 45.2 Å². The third kappa shape index (κ3) is 12.6. The van der Waals surface area contributed by atoms with Crippen LogP contribution in [0.2, 0.25) is 5.02 Å². The number of aliphatic hydroxyl groups excluding tert-OH is 1. The largest absolute Gasteiger partial charge is 0.508 e. The van der Waals surface area contributed by atoms with Gasteiger partial charge < -0.3 is 40.5 Å². The van der Waals surface area contributed by atoms with Crippen LogP contribution in [0.15, 0.2) is 85.5 Å². The van der Waals surface area contributed by atoms with Gasteiger partial charge in [0.05, 0.1) is 35.3 Å². The Balaban J connectivity index is 0.771. The SMILES string of the molecule is C=CC(O)N1CCN(c2nc(OC[C@@H]3C[C@@H](NC(=O)C4CCN(Cc5ccc(-n6c(C(=O)NCC(F)(F)F)nnc6-c6cc(C(C)C)c(O)cc6O)cc5)CC4)CN3C)nc3c2CCN(c2cccc4cccc(Cl)c24)C3)C[C@@H]1CC#N. The van der Waals surface area contributed by atoms with Crippen molar-refractivity contribution >= 4 is 45.7 Å². The average Bonchev–Trinajstić information content (AvgIpc) is 4.08. The number of aromatic nitrogens is 5. The van der Waals surface area contributed by atoms with Crippen LogP contribution < -0.4 is 25.2 Å². The summed E-state index contributed by atoms with van der Waals surface area (Å²) in [5.74, 6) is -1.62. The maximum absolute atomic E-state index is 13.9. The number of carbonyl (C=O) groups is 2. The summed E-state index contributed by atoms with van der Waals surface area (Å²) in [7, 11) is 2.02. The van der Waals surface area contributed by atoms with Crippen molar-refractivity contribution in [3.8, 4) is 40.7 Å². The number of aromatic hydroxyl groups is 2. The molecule has 0 spiro atoms. The molecule has 10 rings (SSSR count). The van der Waals surface area contributed by atoms with Gasteiger partial charge in [-0.1, -0.05) is 68.4 Å². The van der Waals surface area contributed by atoms with Gasteiger partial charge in [0.25, 0.3) is 5.91 Å². The van der Waals surface area contributed by atoms with Crippen LogP contribution in [0.5, 0.6) is 17.5 Å². The number of rotatable bonds is 17. The predicted octanol–water partition coefficient (Wildman–Crippen LogP) is 7.31. The number of nitrogens with zero attached hydrogens (tertiary/aromatic N) is 11. The molecule has 2 aromatic heterocycles. The van der Waals surface area contributed by atoms with Gasteiger partial charge in [0, 0.05) is 91.7 Å². The van der Waals surface area contributed by atoms with Crippen LogP contribution in [0.25, 0.3) is 27.8 Å². The van der Waals surface area contributed by atoms with Gasteiger partial charge in [0.15, 0.2) is 5.82 Å². The Bertz CT molecular complexity index is 3360. The third-order valence-electron chi connectivity index (χ3n) is 16.2. The van der Waals surface area contributed by atoms with Gasteiger partial charge in [-0.05, 0) is 105 Å². The second-order valence-electron chi connectivity index (χ2n) is 22.0. The Hall–Kier alpha value is -7.55. The molecule has 4 aliphatic heterocycles. The standard InChI is InChI=1S/C59H67ClF3N13O6/c1-5-51(79)75-25-24-74(31-41(75)16-20-64)53-43-19-23-73(48-11-7-9-37-8-6-10-46(60)52(37)48)32-47(43)67-58(68-53)82-33-42-26-39(30-71(42)4)66-56(80)38-17-21-72(22-18-38)29-36-12-14-40(15-13-36)76-54(45-27-44(35(2)3)49(77)28-50(45)78)69-70-55(76)57(81)65-34-59(61,62)63/h5-15,27-28,35,38-39,41-42,51,77-79H,1,16-19,21-26,29-34H2,2-4H3,(H,65,81)(H,66,80)/t39-,41+,42+,51?/m1/s1. The number of halogens is 4. The number of carbonyl (C=O) groups excluding carboxylic acids is 2. The van der Waals surface area contributed by atoms with E-state index in [0.29, 0.717) is 107 Å². The molecule has 1 unspecified atom stereocenters. The molecule has 2 amide bonds. The normalized spacial score (nSPS) is 19.7. The lowest BCUT2D eigenvalue weighted by atomic mass is 9.95. The van der Waals surface area contributed by atoms with Crippen LogP contribution in [0.1, 0.15) is 78.5 Å². The van der Waals surface area contributed by atoms with E-state index < -0.39 is 30.7 Å². The summed E-state index contributed by atoms with van der Waals surface area (Å²) in [6.07, 6.45) is -1.21. The number of phenolic OH excluding ortho intramolecular Hbond substituents is 2. The van der Waals surface area contributed by atoms with E-state index in [9.17, 15) is 43.3 Å². The van der Waals surface area contributed by atoms with Crippen molar-refractivity contribution in [3.63, 3.8) is 0 Å². The van der Waals surface area contributed by atoms with E-state index in [1.807, 2.05) is 61.4 Å². The number of piperidine rings is 1. The number of aliphatic hydroxyl groups is 1. The van der Waals surface area contributed by atoms with Crippen LogP contribution in [0, 0.1) is 17.2 Å². The lowest BCUT2D eigenvalue weighted by Crippen LogP contribution is -2.56. The third-order valence-corrected chi connectivity index (χ3v) is 16.5. The molecule has 4 aromatic carbocycles. The number of anilines is 2. The minimum Gasteiger partial charge on any atom is -0.508 e. The molecular weight excluding hydrogens is 1080 g/mol. The summed E-state index contributed by atoms with van der Waals surface area (Å²) in [5, 5.41) is 57.9. The minimum atomic E-state index is -4.67. The number of nitriles is 1. The number of amides is 2. The van der Waals surface area contributed by atoms with Crippen molar-refractivity contribution in [2.45, 2.75) is 95.5 Å². The van der Waals surface area contributed by atoms with Gasteiger partial charge in [0.1, 0.15) is 36.7 Å². The molecule has 4 aliphatic rings. The minimum absolute atomic E-state index is 0.00906. The number of likely N-dealkylation sites (N-methyl/N-ethyl adjacent to an activating group) is 1. The number of phenols is 2. The number of likely N-dealkylation sites (tertiary alicyclic amines) is 2. The number of piperazine rings is 1. The molecule has 3 fully saturated rings. The van der Waals surface area contributed by atoms with Gasteiger partial charge in [0.2, 0.25) is 11.7 Å². The first-order valence-corrected chi connectivity index (χ1v) is 28.1. The van der Waals surface area contributed by atoms with Crippen LogP contribution in [0.4, 0.5) is 24.7 Å². The Morgan fingerprint density at radius 2 is 1.71 bits per heavy atom. The highest BCUT2D eigenvalue weighted by molar-refractivity contribution is 6.36. The van der Waals surface area contributed by atoms with Crippen LogP contribution in [0.3, 0.4) is 0 Å². The highest BCUT2D eigenvalue weighted by Gasteiger charge is 2.37. The summed E-state index contributed by atoms with van der Waals surface area (Å²) in [6, 6.07) is 24.0. The Morgan fingerprint density at radius 3 is 2.43 bits per heavy atom. The molecule has 19 nitrogen and oxygen atoms in total. The van der Waals surface area contributed by atoms with Crippen LogP contribution in [-0.4, -0.2) is 163 Å². The van der Waals surface area contributed by atoms with Gasteiger partial charge in [-0.25, -0.2) is 0 Å². The van der Waals surface area contributed by atoms with E-state index in [1.165, 1.54) is 16.7 Å². The second-order valence-corrected chi connectivity index (χ2v) is 22.4. The second kappa shape index (κ2) is 24.5. The molecule has 6 heterocycles. The fraction of sp³-hybridized carbons (Fsp3) is 0.441. The van der Waals surface area contributed by atoms with Crippen molar-refractivity contribution < 1.29 is 42.8 Å². The molecule has 6 aromatic rings. The lowest BCUT2D eigenvalue weighted by Gasteiger charge is -2.43. The highest BCUT2D eigenvalue weighted by Crippen LogP contribution is 2.40. The first kappa shape index (κ1) is 57.7. The summed E-state index contributed by atoms with van der Waals surface area (Å²) < 4.78 is 47.3. The summed E-state index contributed by atoms with van der Waals surface area (Å²) in [5.41, 5.74) is 4.77. The fourth-order valence-electron chi connectivity index (χ4n) is 11.9. The first-order chi connectivity index (χ1) is 39.4. The number of ether oxygens (including phenoxy) is 1. The van der Waals surface area contributed by atoms with Crippen molar-refractivity contribution in [2.24, 2.45) is 5.92 Å². The zero-order valence-corrected chi connectivity index (χ0v) is 46.7. The molecule has 0 saturated carbocycles. The highest BCUT2D eigenvalue weighted by atomic mass is 35.5. The maximum Gasteiger partial charge on any atom is 0.405 e. The maximum atomic E-state index is 13.9. The Labute approximate surface area is 478 Å². The number of benzene rings is 4. The summed E-state index contributed by atoms with van der Waals surface area (Å²) in [4.78, 5) is 48.0. The molecule has 432 valence electrons. The molecule has 3 saturated heterocycles. The summed E-state index contributed by atoms with van der Waals surface area (Å²) >= 11 is 6.81. The predicted molar refractivity (Wildman–Crippen MR) is 304 cm³/mol. The van der Waals surface area contributed by atoms with E-state index >= 15 is 0 Å².